The Bertz CT molecular complexity index is 1670. The standard InChI is InChI=1S/C34H42FN7O3S/c1-6-28-30(38(5)32-36-19-25(22-46-32)23-7-9-26(35)10-8-23)42-21-27(11-12-29(42)37-28)39-15-17-40(18-16-39)31(43)24-13-14-41(20-24)33(44)45-34(2,3)4/h7-12,21-22,24H,6,13-20H2,1-5H3. The van der Waals surface area contributed by atoms with E-state index in [4.69, 9.17) is 14.7 Å². The van der Waals surface area contributed by atoms with Crippen molar-refractivity contribution in [1.82, 2.24) is 19.2 Å². The number of benzene rings is 1. The van der Waals surface area contributed by atoms with Crippen LogP contribution in [0.5, 0.6) is 0 Å². The summed E-state index contributed by atoms with van der Waals surface area (Å²) >= 11 is 1.56. The van der Waals surface area contributed by atoms with Crippen LogP contribution in [-0.4, -0.2) is 94.8 Å². The number of carbonyl (C=O) groups is 2. The van der Waals surface area contributed by atoms with Crippen LogP contribution >= 0.6 is 11.8 Å². The number of fused-ring (bicyclic) bond motifs is 1. The highest BCUT2D eigenvalue weighted by molar-refractivity contribution is 8.16. The number of halogens is 1. The predicted molar refractivity (Wildman–Crippen MR) is 182 cm³/mol. The summed E-state index contributed by atoms with van der Waals surface area (Å²) in [4.78, 5) is 43.7. The molecule has 1 unspecified atom stereocenters. The molecule has 1 atom stereocenters. The summed E-state index contributed by atoms with van der Waals surface area (Å²) in [6.45, 7) is 11.8. The maximum atomic E-state index is 13.4. The molecule has 2 amide bonds. The van der Waals surface area contributed by atoms with Gasteiger partial charge < -0.3 is 24.3 Å². The number of hydrogen-bond donors (Lipinski definition) is 0. The lowest BCUT2D eigenvalue weighted by molar-refractivity contribution is -0.135. The number of aliphatic imine (C=N–C) groups is 1. The molecule has 46 heavy (non-hydrogen) atoms. The average Bonchev–Trinajstić information content (AvgIpc) is 3.69. The van der Waals surface area contributed by atoms with E-state index in [-0.39, 0.29) is 23.7 Å². The minimum absolute atomic E-state index is 0.120. The van der Waals surface area contributed by atoms with E-state index < -0.39 is 5.60 Å². The first-order valence-corrected chi connectivity index (χ1v) is 16.8. The molecule has 2 aromatic heterocycles. The number of aromatic nitrogens is 2. The number of likely N-dealkylation sites (tertiary alicyclic amines) is 1. The third kappa shape index (κ3) is 6.72. The van der Waals surface area contributed by atoms with Crippen LogP contribution in [0.3, 0.4) is 0 Å². The third-order valence-electron chi connectivity index (χ3n) is 8.64. The minimum Gasteiger partial charge on any atom is -0.444 e. The highest BCUT2D eigenvalue weighted by Gasteiger charge is 2.36. The van der Waals surface area contributed by atoms with Gasteiger partial charge in [0, 0.05) is 52.5 Å². The second kappa shape index (κ2) is 13.0. The second-order valence-electron chi connectivity index (χ2n) is 13.0. The maximum Gasteiger partial charge on any atom is 0.410 e. The number of aryl methyl sites for hydroxylation is 1. The Hall–Kier alpha value is -4.06. The van der Waals surface area contributed by atoms with Gasteiger partial charge in [-0.25, -0.2) is 14.2 Å². The van der Waals surface area contributed by atoms with Gasteiger partial charge in [0.2, 0.25) is 5.91 Å². The number of imidazole rings is 1. The lowest BCUT2D eigenvalue weighted by Gasteiger charge is -2.37. The van der Waals surface area contributed by atoms with E-state index in [1.54, 1.807) is 28.8 Å². The van der Waals surface area contributed by atoms with Crippen LogP contribution in [0.2, 0.25) is 0 Å². The average molecular weight is 648 g/mol. The number of thioether (sulfide) groups is 1. The van der Waals surface area contributed by atoms with E-state index in [0.29, 0.717) is 39.1 Å². The normalized spacial score (nSPS) is 18.9. The van der Waals surface area contributed by atoms with Crippen LogP contribution < -0.4 is 9.80 Å². The Morgan fingerprint density at radius 2 is 1.78 bits per heavy atom. The largest absolute Gasteiger partial charge is 0.444 e. The van der Waals surface area contributed by atoms with E-state index >= 15 is 0 Å². The fraction of sp³-hybridized carbons (Fsp3) is 0.471. The summed E-state index contributed by atoms with van der Waals surface area (Å²) in [5, 5.41) is 2.96. The first-order chi connectivity index (χ1) is 22.0. The van der Waals surface area contributed by atoms with Gasteiger partial charge in [-0.3, -0.25) is 14.2 Å². The van der Waals surface area contributed by atoms with E-state index in [1.165, 1.54) is 12.1 Å². The zero-order valence-corrected chi connectivity index (χ0v) is 28.0. The molecule has 0 radical (unpaired) electrons. The lowest BCUT2D eigenvalue weighted by atomic mass is 10.1. The number of piperazine rings is 1. The number of hydrogen-bond acceptors (Lipinski definition) is 8. The Balaban J connectivity index is 1.11. The van der Waals surface area contributed by atoms with Gasteiger partial charge in [-0.2, -0.15) is 0 Å². The van der Waals surface area contributed by atoms with Crippen LogP contribution in [0.4, 0.5) is 20.7 Å². The van der Waals surface area contributed by atoms with Crippen molar-refractivity contribution < 1.29 is 18.7 Å². The van der Waals surface area contributed by atoms with Crippen molar-refractivity contribution in [2.75, 3.05) is 62.7 Å². The topological polar surface area (TPSA) is 86.0 Å². The second-order valence-corrected chi connectivity index (χ2v) is 13.8. The molecule has 2 fully saturated rings. The zero-order chi connectivity index (χ0) is 32.6. The highest BCUT2D eigenvalue weighted by atomic mass is 32.2. The van der Waals surface area contributed by atoms with Crippen LogP contribution in [0, 0.1) is 11.7 Å². The van der Waals surface area contributed by atoms with Crippen LogP contribution in [0.25, 0.3) is 11.2 Å². The molecular formula is C34H42FN7O3S. The van der Waals surface area contributed by atoms with Gasteiger partial charge in [-0.1, -0.05) is 30.8 Å². The molecule has 12 heteroatoms. The molecule has 0 bridgehead atoms. The molecule has 3 aliphatic heterocycles. The van der Waals surface area contributed by atoms with Crippen LogP contribution in [0.1, 0.15) is 45.4 Å². The molecule has 3 aliphatic rings. The van der Waals surface area contributed by atoms with Crippen molar-refractivity contribution in [3.05, 3.63) is 65.1 Å². The highest BCUT2D eigenvalue weighted by Crippen LogP contribution is 2.32. The van der Waals surface area contributed by atoms with Crippen LogP contribution in [0.15, 0.2) is 53.0 Å². The first kappa shape index (κ1) is 31.9. The quantitative estimate of drug-likeness (QED) is 0.361. The fourth-order valence-electron chi connectivity index (χ4n) is 6.20. The number of ether oxygens (including phenoxy) is 1. The molecule has 0 aliphatic carbocycles. The Labute approximate surface area is 273 Å². The monoisotopic (exact) mass is 647 g/mol. The molecule has 1 aromatic carbocycles. The van der Waals surface area contributed by atoms with Gasteiger partial charge >= 0.3 is 6.09 Å². The van der Waals surface area contributed by atoms with Crippen LogP contribution in [-0.2, 0) is 16.0 Å². The van der Waals surface area contributed by atoms with E-state index in [1.807, 2.05) is 32.7 Å². The van der Waals surface area contributed by atoms with Crippen molar-refractivity contribution in [2.45, 2.75) is 46.1 Å². The van der Waals surface area contributed by atoms with Crippen molar-refractivity contribution in [1.29, 1.82) is 0 Å². The third-order valence-corrected chi connectivity index (χ3v) is 9.65. The Kier molecular flexibility index (Phi) is 9.00. The van der Waals surface area contributed by atoms with Gasteiger partial charge in [0.05, 0.1) is 23.8 Å². The van der Waals surface area contributed by atoms with Gasteiger partial charge in [0.15, 0.2) is 5.17 Å². The van der Waals surface area contributed by atoms with Gasteiger partial charge in [0.25, 0.3) is 0 Å². The molecule has 5 heterocycles. The van der Waals surface area contributed by atoms with E-state index in [0.717, 1.165) is 58.7 Å². The minimum atomic E-state index is -0.555. The molecule has 244 valence electrons. The van der Waals surface area contributed by atoms with Crippen molar-refractivity contribution in [2.24, 2.45) is 10.9 Å². The van der Waals surface area contributed by atoms with Gasteiger partial charge in [-0.05, 0) is 74.4 Å². The number of carbonyl (C=O) groups excluding carboxylic acids is 2. The molecular weight excluding hydrogens is 605 g/mol. The van der Waals surface area contributed by atoms with Crippen molar-refractivity contribution in [3.8, 4) is 0 Å². The van der Waals surface area contributed by atoms with E-state index in [2.05, 4.69) is 44.9 Å². The van der Waals surface area contributed by atoms with Crippen molar-refractivity contribution >= 4 is 51.7 Å². The number of anilines is 2. The lowest BCUT2D eigenvalue weighted by Crippen LogP contribution is -2.51. The smallest absolute Gasteiger partial charge is 0.410 e. The summed E-state index contributed by atoms with van der Waals surface area (Å²) in [5.74, 6) is 0.668. The number of amides is 2. The molecule has 6 rings (SSSR count). The van der Waals surface area contributed by atoms with Gasteiger partial charge in [-0.15, -0.1) is 0 Å². The summed E-state index contributed by atoms with van der Waals surface area (Å²) in [7, 11) is 2.02. The molecule has 3 aromatic rings. The first-order valence-electron chi connectivity index (χ1n) is 15.9. The zero-order valence-electron chi connectivity index (χ0n) is 27.2. The SMILES string of the molecule is CCc1nc2ccc(N3CCN(C(=O)C4CCN(C(=O)OC(C)(C)C)C4)CC3)cn2c1N(C)C1=NCC(c2ccc(F)cc2)=CS1. The van der Waals surface area contributed by atoms with Crippen molar-refractivity contribution in [3.63, 3.8) is 0 Å². The summed E-state index contributed by atoms with van der Waals surface area (Å²) in [5.41, 5.74) is 4.41. The molecule has 0 saturated carbocycles. The molecule has 0 spiro atoms. The van der Waals surface area contributed by atoms with Gasteiger partial charge in [0.1, 0.15) is 22.9 Å². The Morgan fingerprint density at radius 1 is 1.04 bits per heavy atom. The predicted octanol–water partition coefficient (Wildman–Crippen LogP) is 5.52. The Morgan fingerprint density at radius 3 is 2.43 bits per heavy atom. The number of pyridine rings is 1. The number of amidine groups is 1. The molecule has 10 nitrogen and oxygen atoms in total. The number of rotatable bonds is 5. The fourth-order valence-corrected chi connectivity index (χ4v) is 7.04. The maximum absolute atomic E-state index is 13.4. The van der Waals surface area contributed by atoms with E-state index in [9.17, 15) is 14.0 Å². The summed E-state index contributed by atoms with van der Waals surface area (Å²) in [6.07, 6.45) is 3.23. The molecule has 0 N–H and O–H groups in total. The molecule has 2 saturated heterocycles. The number of nitrogens with zero attached hydrogens (tertiary/aromatic N) is 7. The summed E-state index contributed by atoms with van der Waals surface area (Å²) < 4.78 is 21.0. The summed E-state index contributed by atoms with van der Waals surface area (Å²) in [6, 6.07) is 10.7.